The van der Waals surface area contributed by atoms with E-state index in [4.69, 9.17) is 14.2 Å². The van der Waals surface area contributed by atoms with Crippen molar-refractivity contribution in [1.82, 2.24) is 4.57 Å². The van der Waals surface area contributed by atoms with E-state index < -0.39 is 28.5 Å². The molecule has 39 heavy (non-hydrogen) atoms. The standard InChI is InChI=1S/C27H25N3O8S/c1-5-36-21-14-18(9-12-20(21)38-16(4)31)24-23(26(33)37-6-2)15(3)28-27-29(24)25(32)22(39-27)13-17-7-10-19(11-8-17)30(34)35/h7-14,24H,5-6H2,1-4H3/b22-13+. The van der Waals surface area contributed by atoms with Crippen LogP contribution >= 0.6 is 11.3 Å². The molecule has 0 fully saturated rings. The minimum Gasteiger partial charge on any atom is -0.490 e. The average Bonchev–Trinajstić information content (AvgIpc) is 3.18. The van der Waals surface area contributed by atoms with E-state index in [0.29, 0.717) is 26.2 Å². The van der Waals surface area contributed by atoms with Crippen LogP contribution in [0.1, 0.15) is 44.9 Å². The Kier molecular flexibility index (Phi) is 8.05. The SMILES string of the molecule is CCOC(=O)C1=C(C)N=c2s/c(=C/c3ccc([N+](=O)[O-])cc3)c(=O)n2C1c1ccc(OC(C)=O)c(OCC)c1. The Morgan fingerprint density at radius 1 is 1.13 bits per heavy atom. The van der Waals surface area contributed by atoms with Crippen LogP contribution in [-0.2, 0) is 14.3 Å². The summed E-state index contributed by atoms with van der Waals surface area (Å²) in [4.78, 5) is 53.8. The van der Waals surface area contributed by atoms with Gasteiger partial charge in [-0.1, -0.05) is 17.4 Å². The van der Waals surface area contributed by atoms with Crippen molar-refractivity contribution in [1.29, 1.82) is 0 Å². The molecule has 202 valence electrons. The number of nitro groups is 1. The summed E-state index contributed by atoms with van der Waals surface area (Å²) in [5, 5.41) is 11.0. The largest absolute Gasteiger partial charge is 0.490 e. The molecule has 0 N–H and O–H groups in total. The summed E-state index contributed by atoms with van der Waals surface area (Å²) in [7, 11) is 0. The molecule has 0 saturated heterocycles. The molecule has 2 heterocycles. The quantitative estimate of drug-likeness (QED) is 0.180. The van der Waals surface area contributed by atoms with Gasteiger partial charge in [0.2, 0.25) is 0 Å². The second-order valence-electron chi connectivity index (χ2n) is 8.38. The van der Waals surface area contributed by atoms with Crippen LogP contribution in [0.2, 0.25) is 0 Å². The van der Waals surface area contributed by atoms with Gasteiger partial charge in [0, 0.05) is 19.1 Å². The van der Waals surface area contributed by atoms with Crippen molar-refractivity contribution >= 4 is 35.0 Å². The molecule has 11 nitrogen and oxygen atoms in total. The van der Waals surface area contributed by atoms with Crippen molar-refractivity contribution in [2.45, 2.75) is 33.7 Å². The van der Waals surface area contributed by atoms with Gasteiger partial charge in [-0.3, -0.25) is 24.3 Å². The molecule has 0 bridgehead atoms. The maximum atomic E-state index is 13.7. The normalized spacial score (nSPS) is 14.9. The Hall–Kier alpha value is -4.58. The lowest BCUT2D eigenvalue weighted by Gasteiger charge is -2.25. The van der Waals surface area contributed by atoms with Gasteiger partial charge >= 0.3 is 11.9 Å². The van der Waals surface area contributed by atoms with Crippen molar-refractivity contribution in [2.24, 2.45) is 4.99 Å². The van der Waals surface area contributed by atoms with Crippen LogP contribution < -0.4 is 24.4 Å². The monoisotopic (exact) mass is 551 g/mol. The number of allylic oxidation sites excluding steroid dienone is 1. The molecular formula is C27H25N3O8S. The van der Waals surface area contributed by atoms with E-state index in [0.717, 1.165) is 11.3 Å². The molecule has 3 aromatic rings. The summed E-state index contributed by atoms with van der Waals surface area (Å²) in [6.07, 6.45) is 1.61. The van der Waals surface area contributed by atoms with E-state index in [-0.39, 0.29) is 36.0 Å². The van der Waals surface area contributed by atoms with E-state index >= 15 is 0 Å². The number of non-ortho nitro benzene ring substituents is 1. The lowest BCUT2D eigenvalue weighted by atomic mass is 9.95. The van der Waals surface area contributed by atoms with Gasteiger partial charge in [0.15, 0.2) is 16.3 Å². The fourth-order valence-corrected chi connectivity index (χ4v) is 5.20. The first-order valence-electron chi connectivity index (χ1n) is 12.0. The van der Waals surface area contributed by atoms with Crippen molar-refractivity contribution in [3.63, 3.8) is 0 Å². The van der Waals surface area contributed by atoms with Gasteiger partial charge in [-0.25, -0.2) is 9.79 Å². The van der Waals surface area contributed by atoms with E-state index in [1.165, 1.54) is 23.6 Å². The molecule has 1 aromatic heterocycles. The predicted octanol–water partition coefficient (Wildman–Crippen LogP) is 3.03. The number of aromatic nitrogens is 1. The van der Waals surface area contributed by atoms with Crippen molar-refractivity contribution in [3.05, 3.63) is 94.7 Å². The van der Waals surface area contributed by atoms with Gasteiger partial charge in [-0.15, -0.1) is 0 Å². The van der Waals surface area contributed by atoms with Crippen LogP contribution in [-0.4, -0.2) is 34.6 Å². The number of hydrogen-bond acceptors (Lipinski definition) is 10. The molecular weight excluding hydrogens is 526 g/mol. The Bertz CT molecular complexity index is 1670. The summed E-state index contributed by atoms with van der Waals surface area (Å²) in [5.74, 6) is -0.658. The third-order valence-corrected chi connectivity index (χ3v) is 6.74. The Morgan fingerprint density at radius 3 is 2.46 bits per heavy atom. The molecule has 0 amide bonds. The summed E-state index contributed by atoms with van der Waals surface area (Å²) in [6.45, 7) is 6.82. The summed E-state index contributed by atoms with van der Waals surface area (Å²) < 4.78 is 18.0. The molecule has 2 aromatic carbocycles. The Balaban J connectivity index is 1.92. The first kappa shape index (κ1) is 27.5. The molecule has 1 unspecified atom stereocenters. The highest BCUT2D eigenvalue weighted by Gasteiger charge is 2.34. The van der Waals surface area contributed by atoms with Crippen molar-refractivity contribution < 1.29 is 28.7 Å². The molecule has 0 saturated carbocycles. The first-order valence-corrected chi connectivity index (χ1v) is 12.9. The summed E-state index contributed by atoms with van der Waals surface area (Å²) >= 11 is 1.13. The number of esters is 2. The maximum absolute atomic E-state index is 13.7. The Labute approximate surface area is 226 Å². The number of hydrogen-bond donors (Lipinski definition) is 0. The second-order valence-corrected chi connectivity index (χ2v) is 9.39. The van der Waals surface area contributed by atoms with E-state index in [2.05, 4.69) is 4.99 Å². The number of nitro benzene ring substituents is 1. The zero-order valence-corrected chi connectivity index (χ0v) is 22.4. The van der Waals surface area contributed by atoms with Crippen LogP contribution in [0.4, 0.5) is 5.69 Å². The topological polar surface area (TPSA) is 139 Å². The predicted molar refractivity (Wildman–Crippen MR) is 142 cm³/mol. The number of carbonyl (C=O) groups excluding carboxylic acids is 2. The molecule has 4 rings (SSSR count). The van der Waals surface area contributed by atoms with Crippen LogP contribution in [0.25, 0.3) is 6.08 Å². The second kappa shape index (κ2) is 11.4. The molecule has 1 aliphatic heterocycles. The van der Waals surface area contributed by atoms with Crippen LogP contribution in [0.15, 0.2) is 63.5 Å². The average molecular weight is 552 g/mol. The third kappa shape index (κ3) is 5.65. The molecule has 0 radical (unpaired) electrons. The first-order chi connectivity index (χ1) is 18.6. The lowest BCUT2D eigenvalue weighted by molar-refractivity contribution is -0.384. The zero-order valence-electron chi connectivity index (χ0n) is 21.6. The van der Waals surface area contributed by atoms with E-state index in [1.807, 2.05) is 0 Å². The molecule has 12 heteroatoms. The highest BCUT2D eigenvalue weighted by molar-refractivity contribution is 7.07. The minimum atomic E-state index is -0.898. The summed E-state index contributed by atoms with van der Waals surface area (Å²) in [6, 6.07) is 9.73. The number of rotatable bonds is 8. The third-order valence-electron chi connectivity index (χ3n) is 5.76. The number of carbonyl (C=O) groups is 2. The maximum Gasteiger partial charge on any atom is 0.338 e. The highest BCUT2D eigenvalue weighted by Crippen LogP contribution is 2.36. The van der Waals surface area contributed by atoms with Gasteiger partial charge in [-0.05, 0) is 62.2 Å². The number of benzene rings is 2. The van der Waals surface area contributed by atoms with Gasteiger partial charge < -0.3 is 14.2 Å². The minimum absolute atomic E-state index is 0.0642. The van der Waals surface area contributed by atoms with Gasteiger partial charge in [-0.2, -0.15) is 0 Å². The molecule has 1 atom stereocenters. The molecule has 0 spiro atoms. The molecule has 1 aliphatic rings. The van der Waals surface area contributed by atoms with Crippen LogP contribution in [0.3, 0.4) is 0 Å². The summed E-state index contributed by atoms with van der Waals surface area (Å²) in [5.41, 5.74) is 1.23. The van der Waals surface area contributed by atoms with Gasteiger partial charge in [0.05, 0.1) is 40.0 Å². The van der Waals surface area contributed by atoms with Gasteiger partial charge in [0.25, 0.3) is 11.2 Å². The fourth-order valence-electron chi connectivity index (χ4n) is 4.15. The van der Waals surface area contributed by atoms with Crippen molar-refractivity contribution in [2.75, 3.05) is 13.2 Å². The number of ether oxygens (including phenoxy) is 3. The number of nitrogens with zero attached hydrogens (tertiary/aromatic N) is 3. The number of thiazole rings is 1. The van der Waals surface area contributed by atoms with Crippen LogP contribution in [0.5, 0.6) is 11.5 Å². The number of fused-ring (bicyclic) bond motifs is 1. The lowest BCUT2D eigenvalue weighted by Crippen LogP contribution is -2.40. The molecule has 0 aliphatic carbocycles. The fraction of sp³-hybridized carbons (Fsp3) is 0.259. The van der Waals surface area contributed by atoms with E-state index in [9.17, 15) is 24.5 Å². The smallest absolute Gasteiger partial charge is 0.338 e. The Morgan fingerprint density at radius 2 is 1.85 bits per heavy atom. The zero-order chi connectivity index (χ0) is 28.3. The van der Waals surface area contributed by atoms with Crippen LogP contribution in [0, 0.1) is 10.1 Å². The van der Waals surface area contributed by atoms with Gasteiger partial charge in [0.1, 0.15) is 0 Å². The highest BCUT2D eigenvalue weighted by atomic mass is 32.1. The van der Waals surface area contributed by atoms with Crippen molar-refractivity contribution in [3.8, 4) is 11.5 Å². The van der Waals surface area contributed by atoms with E-state index in [1.54, 1.807) is 57.2 Å².